The summed E-state index contributed by atoms with van der Waals surface area (Å²) in [5, 5.41) is 2.97. The standard InChI is InChI=1S/C32H33F3N2O4/c1-40-31(32(33,34)35,24-12-6-3-7-13-24)29(39)37-18-16-30(17-19-37)20-28(38)36-21-26(30)25-14-8-9-15-27(25)41-22-23-10-4-2-5-11-23/h2-15,26H,16-22H2,1H3,(H,36,38)/t26?,31-/m1/s1. The molecule has 2 atom stereocenters. The van der Waals surface area contributed by atoms with Gasteiger partial charge in [-0.25, -0.2) is 0 Å². The number of carbonyl (C=O) groups excluding carboxylic acids is 2. The summed E-state index contributed by atoms with van der Waals surface area (Å²) in [6.45, 7) is 0.905. The van der Waals surface area contributed by atoms with Gasteiger partial charge in [0.05, 0.1) is 0 Å². The average molecular weight is 567 g/mol. The predicted octanol–water partition coefficient (Wildman–Crippen LogP) is 5.58. The minimum Gasteiger partial charge on any atom is -0.489 e. The summed E-state index contributed by atoms with van der Waals surface area (Å²) in [4.78, 5) is 27.5. The van der Waals surface area contributed by atoms with Crippen LogP contribution < -0.4 is 10.1 Å². The SMILES string of the molecule is CO[C@@](C(=O)N1CCC2(CC1)CC(=O)NCC2c1ccccc1OCc1ccccc1)(c1ccccc1)C(F)(F)F. The third-order valence-corrected chi connectivity index (χ3v) is 8.52. The van der Waals surface area contributed by atoms with Gasteiger partial charge in [0.25, 0.3) is 11.5 Å². The van der Waals surface area contributed by atoms with Crippen LogP contribution in [-0.2, 0) is 26.5 Å². The van der Waals surface area contributed by atoms with Gasteiger partial charge in [0.2, 0.25) is 5.91 Å². The molecule has 216 valence electrons. The van der Waals surface area contributed by atoms with Gasteiger partial charge in [0, 0.05) is 44.6 Å². The van der Waals surface area contributed by atoms with Gasteiger partial charge in [-0.2, -0.15) is 13.2 Å². The van der Waals surface area contributed by atoms with Crippen LogP contribution in [0.2, 0.25) is 0 Å². The minimum absolute atomic E-state index is 0.0731. The van der Waals surface area contributed by atoms with Crippen LogP contribution in [0, 0.1) is 5.41 Å². The Balaban J connectivity index is 1.40. The molecule has 2 saturated heterocycles. The highest BCUT2D eigenvalue weighted by Gasteiger charge is 2.64. The van der Waals surface area contributed by atoms with E-state index >= 15 is 0 Å². The second kappa shape index (κ2) is 11.6. The van der Waals surface area contributed by atoms with Crippen LogP contribution in [-0.4, -0.2) is 49.6 Å². The van der Waals surface area contributed by atoms with Crippen molar-refractivity contribution in [3.05, 3.63) is 102 Å². The molecule has 2 heterocycles. The summed E-state index contributed by atoms with van der Waals surface area (Å²) >= 11 is 0. The van der Waals surface area contributed by atoms with Crippen molar-refractivity contribution >= 4 is 11.8 Å². The first-order valence-corrected chi connectivity index (χ1v) is 13.7. The summed E-state index contributed by atoms with van der Waals surface area (Å²) in [5.74, 6) is -0.672. The molecule has 1 unspecified atom stereocenters. The van der Waals surface area contributed by atoms with E-state index in [2.05, 4.69) is 5.32 Å². The number of hydrogen-bond acceptors (Lipinski definition) is 4. The smallest absolute Gasteiger partial charge is 0.430 e. The number of carbonyl (C=O) groups is 2. The van der Waals surface area contributed by atoms with Crippen molar-refractivity contribution in [3.8, 4) is 5.75 Å². The Morgan fingerprint density at radius 2 is 1.56 bits per heavy atom. The molecule has 2 aliphatic heterocycles. The second-order valence-corrected chi connectivity index (χ2v) is 10.7. The Kier molecular flexibility index (Phi) is 8.09. The zero-order chi connectivity index (χ0) is 29.1. The molecule has 0 aliphatic carbocycles. The fraction of sp³-hybridized carbons (Fsp3) is 0.375. The highest BCUT2D eigenvalue weighted by atomic mass is 19.4. The number of amides is 2. The lowest BCUT2D eigenvalue weighted by Crippen LogP contribution is -2.60. The highest BCUT2D eigenvalue weighted by Crippen LogP contribution is 2.52. The summed E-state index contributed by atoms with van der Waals surface area (Å²) in [5.41, 5.74) is -1.95. The maximum atomic E-state index is 14.5. The first-order valence-electron chi connectivity index (χ1n) is 13.7. The van der Waals surface area contributed by atoms with Crippen molar-refractivity contribution in [3.63, 3.8) is 0 Å². The van der Waals surface area contributed by atoms with E-state index in [1.165, 1.54) is 29.2 Å². The third-order valence-electron chi connectivity index (χ3n) is 8.52. The average Bonchev–Trinajstić information content (AvgIpc) is 2.98. The molecule has 3 aromatic carbocycles. The number of likely N-dealkylation sites (tertiary alicyclic amines) is 1. The molecule has 0 bridgehead atoms. The van der Waals surface area contributed by atoms with Gasteiger partial charge in [-0.15, -0.1) is 0 Å². The van der Waals surface area contributed by atoms with Crippen LogP contribution in [0.1, 0.15) is 41.9 Å². The Morgan fingerprint density at radius 1 is 0.951 bits per heavy atom. The van der Waals surface area contributed by atoms with Crippen LogP contribution in [0.25, 0.3) is 0 Å². The Morgan fingerprint density at radius 3 is 2.20 bits per heavy atom. The first kappa shape index (κ1) is 28.7. The molecule has 2 fully saturated rings. The second-order valence-electron chi connectivity index (χ2n) is 10.7. The number of nitrogens with one attached hydrogen (secondary N) is 1. The number of nitrogens with zero attached hydrogens (tertiary/aromatic N) is 1. The molecule has 1 N–H and O–H groups in total. The zero-order valence-electron chi connectivity index (χ0n) is 22.8. The normalized spacial score (nSPS) is 20.2. The first-order chi connectivity index (χ1) is 19.7. The Bertz CT molecular complexity index is 1360. The van der Waals surface area contributed by atoms with Crippen molar-refractivity contribution < 1.29 is 32.2 Å². The fourth-order valence-electron chi connectivity index (χ4n) is 6.32. The van der Waals surface area contributed by atoms with Gasteiger partial charge in [-0.1, -0.05) is 78.9 Å². The molecule has 0 saturated carbocycles. The lowest BCUT2D eigenvalue weighted by Gasteiger charge is -2.50. The fourth-order valence-corrected chi connectivity index (χ4v) is 6.32. The van der Waals surface area contributed by atoms with Gasteiger partial charge >= 0.3 is 6.18 Å². The van der Waals surface area contributed by atoms with Crippen LogP contribution >= 0.6 is 0 Å². The number of alkyl halides is 3. The summed E-state index contributed by atoms with van der Waals surface area (Å²) in [7, 11) is 0.914. The van der Waals surface area contributed by atoms with Crippen LogP contribution in [0.4, 0.5) is 13.2 Å². The van der Waals surface area contributed by atoms with E-state index in [0.717, 1.165) is 18.2 Å². The van der Waals surface area contributed by atoms with E-state index in [1.54, 1.807) is 6.07 Å². The Labute approximate surface area is 237 Å². The minimum atomic E-state index is -4.97. The number of rotatable bonds is 7. The van der Waals surface area contributed by atoms with Crippen molar-refractivity contribution in [1.29, 1.82) is 0 Å². The number of para-hydroxylation sites is 1. The molecule has 2 aliphatic rings. The third kappa shape index (κ3) is 5.43. The molecular formula is C32H33F3N2O4. The van der Waals surface area contributed by atoms with Crippen molar-refractivity contribution in [1.82, 2.24) is 10.2 Å². The lowest BCUT2D eigenvalue weighted by molar-refractivity contribution is -0.271. The molecule has 5 rings (SSSR count). The number of hydrogen-bond donors (Lipinski definition) is 1. The van der Waals surface area contributed by atoms with Crippen molar-refractivity contribution in [2.24, 2.45) is 5.41 Å². The van der Waals surface area contributed by atoms with Crippen LogP contribution in [0.15, 0.2) is 84.9 Å². The van der Waals surface area contributed by atoms with Gasteiger partial charge in [-0.3, -0.25) is 9.59 Å². The molecule has 3 aromatic rings. The largest absolute Gasteiger partial charge is 0.489 e. The lowest BCUT2D eigenvalue weighted by atomic mass is 9.62. The maximum Gasteiger partial charge on any atom is 0.430 e. The molecule has 0 aromatic heterocycles. The van der Waals surface area contributed by atoms with E-state index in [4.69, 9.17) is 9.47 Å². The zero-order valence-corrected chi connectivity index (χ0v) is 22.8. The molecule has 1 spiro atoms. The number of ether oxygens (including phenoxy) is 2. The van der Waals surface area contributed by atoms with E-state index in [1.807, 2.05) is 54.6 Å². The van der Waals surface area contributed by atoms with Gasteiger partial charge in [0.1, 0.15) is 12.4 Å². The van der Waals surface area contributed by atoms with Crippen molar-refractivity contribution in [2.45, 2.75) is 43.6 Å². The quantitative estimate of drug-likeness (QED) is 0.406. The van der Waals surface area contributed by atoms with E-state index in [-0.39, 0.29) is 36.9 Å². The number of methoxy groups -OCH3 is 1. The summed E-state index contributed by atoms with van der Waals surface area (Å²) < 4.78 is 54.9. The Hall–Kier alpha value is -3.85. The van der Waals surface area contributed by atoms with Gasteiger partial charge in [0.15, 0.2) is 0 Å². The predicted molar refractivity (Wildman–Crippen MR) is 147 cm³/mol. The van der Waals surface area contributed by atoms with Gasteiger partial charge < -0.3 is 19.7 Å². The van der Waals surface area contributed by atoms with E-state index in [9.17, 15) is 22.8 Å². The van der Waals surface area contributed by atoms with Gasteiger partial charge in [-0.05, 0) is 35.4 Å². The highest BCUT2D eigenvalue weighted by molar-refractivity contribution is 5.88. The van der Waals surface area contributed by atoms with Crippen molar-refractivity contribution in [2.75, 3.05) is 26.7 Å². The molecular weight excluding hydrogens is 533 g/mol. The number of halogens is 3. The topological polar surface area (TPSA) is 67.9 Å². The number of benzene rings is 3. The van der Waals surface area contributed by atoms with Crippen LogP contribution in [0.5, 0.6) is 5.75 Å². The molecule has 9 heteroatoms. The van der Waals surface area contributed by atoms with E-state index in [0.29, 0.717) is 31.7 Å². The summed E-state index contributed by atoms with van der Waals surface area (Å²) in [6, 6.07) is 24.5. The molecule has 2 amide bonds. The van der Waals surface area contributed by atoms with Crippen LogP contribution in [0.3, 0.4) is 0 Å². The monoisotopic (exact) mass is 566 g/mol. The maximum absolute atomic E-state index is 14.5. The molecule has 0 radical (unpaired) electrons. The molecule has 41 heavy (non-hydrogen) atoms. The molecule has 6 nitrogen and oxygen atoms in total. The number of piperidine rings is 2. The van der Waals surface area contributed by atoms with E-state index < -0.39 is 23.1 Å². The summed E-state index contributed by atoms with van der Waals surface area (Å²) in [6.07, 6.45) is -4.01.